The quantitative estimate of drug-likeness (QED) is 0.488. The molecule has 2 aromatic carbocycles. The average Bonchev–Trinajstić information content (AvgIpc) is 3.03. The fourth-order valence-corrected chi connectivity index (χ4v) is 2.84. The highest BCUT2D eigenvalue weighted by atomic mass is 35.5. The molecule has 0 unspecified atom stereocenters. The predicted molar refractivity (Wildman–Crippen MR) is 103 cm³/mol. The lowest BCUT2D eigenvalue weighted by Crippen LogP contribution is -2.22. The van der Waals surface area contributed by atoms with Gasteiger partial charge in [0.15, 0.2) is 0 Å². The number of fused-ring (bicyclic) bond motifs is 1. The molecule has 3 aromatic rings. The summed E-state index contributed by atoms with van der Waals surface area (Å²) in [6, 6.07) is 13.2. The first-order valence-electron chi connectivity index (χ1n) is 7.97. The summed E-state index contributed by atoms with van der Waals surface area (Å²) in [5.41, 5.74) is 2.71. The van der Waals surface area contributed by atoms with Gasteiger partial charge in [-0.05, 0) is 36.3 Å². The van der Waals surface area contributed by atoms with Crippen LogP contribution < -0.4 is 5.32 Å². The van der Waals surface area contributed by atoms with E-state index in [1.807, 2.05) is 24.3 Å². The van der Waals surface area contributed by atoms with E-state index < -0.39 is 0 Å². The third-order valence-corrected chi connectivity index (χ3v) is 4.56. The number of amides is 1. The van der Waals surface area contributed by atoms with Crippen molar-refractivity contribution in [3.05, 3.63) is 70.0 Å². The summed E-state index contributed by atoms with van der Waals surface area (Å²) in [5, 5.41) is 3.76. The van der Waals surface area contributed by atoms with Crippen molar-refractivity contribution in [3.8, 4) is 0 Å². The van der Waals surface area contributed by atoms with E-state index in [4.69, 9.17) is 23.2 Å². The molecular weight excluding hydrogens is 357 g/mol. The SMILES string of the molecule is O=C(/C=C/c1cccc(Cl)c1Cl)NCCCc1nc2ccccc2[nH]1. The van der Waals surface area contributed by atoms with Crippen LogP contribution in [0.15, 0.2) is 48.5 Å². The molecule has 1 heterocycles. The summed E-state index contributed by atoms with van der Waals surface area (Å²) in [6.07, 6.45) is 4.69. The molecule has 0 fully saturated rings. The molecule has 0 saturated carbocycles. The second-order valence-electron chi connectivity index (χ2n) is 5.57. The van der Waals surface area contributed by atoms with Crippen molar-refractivity contribution in [1.29, 1.82) is 0 Å². The monoisotopic (exact) mass is 373 g/mol. The van der Waals surface area contributed by atoms with E-state index in [0.717, 1.165) is 29.7 Å². The minimum atomic E-state index is -0.166. The zero-order chi connectivity index (χ0) is 17.6. The van der Waals surface area contributed by atoms with Gasteiger partial charge < -0.3 is 10.3 Å². The number of H-pyrrole nitrogens is 1. The molecule has 3 rings (SSSR count). The number of aromatic nitrogens is 2. The maximum absolute atomic E-state index is 11.9. The Balaban J connectivity index is 1.46. The van der Waals surface area contributed by atoms with Gasteiger partial charge in [0.05, 0.1) is 21.1 Å². The summed E-state index contributed by atoms with van der Waals surface area (Å²) in [5.74, 6) is 0.761. The van der Waals surface area contributed by atoms with Gasteiger partial charge in [-0.25, -0.2) is 4.98 Å². The molecule has 0 aliphatic rings. The van der Waals surface area contributed by atoms with Crippen LogP contribution in [0.5, 0.6) is 0 Å². The zero-order valence-electron chi connectivity index (χ0n) is 13.4. The lowest BCUT2D eigenvalue weighted by Gasteiger charge is -2.02. The van der Waals surface area contributed by atoms with Crippen molar-refractivity contribution >= 4 is 46.2 Å². The second kappa shape index (κ2) is 8.19. The number of para-hydroxylation sites is 2. The Labute approximate surface area is 155 Å². The summed E-state index contributed by atoms with van der Waals surface area (Å²) in [6.45, 7) is 0.573. The van der Waals surface area contributed by atoms with Crippen LogP contribution in [0.2, 0.25) is 10.0 Å². The molecule has 0 aliphatic carbocycles. The summed E-state index contributed by atoms with van der Waals surface area (Å²) >= 11 is 12.0. The van der Waals surface area contributed by atoms with Gasteiger partial charge in [0.25, 0.3) is 0 Å². The lowest BCUT2D eigenvalue weighted by molar-refractivity contribution is -0.116. The number of carbonyl (C=O) groups is 1. The van der Waals surface area contributed by atoms with Crippen molar-refractivity contribution in [2.75, 3.05) is 6.54 Å². The van der Waals surface area contributed by atoms with Gasteiger partial charge in [0, 0.05) is 19.0 Å². The number of nitrogens with one attached hydrogen (secondary N) is 2. The van der Waals surface area contributed by atoms with Crippen LogP contribution in [0.4, 0.5) is 0 Å². The number of hydrogen-bond donors (Lipinski definition) is 2. The number of aryl methyl sites for hydroxylation is 1. The minimum Gasteiger partial charge on any atom is -0.353 e. The van der Waals surface area contributed by atoms with E-state index in [1.54, 1.807) is 24.3 Å². The van der Waals surface area contributed by atoms with Crippen molar-refractivity contribution in [3.63, 3.8) is 0 Å². The number of halogens is 2. The first kappa shape index (κ1) is 17.5. The van der Waals surface area contributed by atoms with Gasteiger partial charge in [-0.1, -0.05) is 47.5 Å². The number of hydrogen-bond acceptors (Lipinski definition) is 2. The third-order valence-electron chi connectivity index (χ3n) is 3.72. The van der Waals surface area contributed by atoms with Gasteiger partial charge in [0.2, 0.25) is 5.91 Å². The van der Waals surface area contributed by atoms with Crippen LogP contribution in [0.3, 0.4) is 0 Å². The molecular formula is C19H17Cl2N3O. The van der Waals surface area contributed by atoms with Crippen LogP contribution in [0.25, 0.3) is 17.1 Å². The largest absolute Gasteiger partial charge is 0.353 e. The fraction of sp³-hybridized carbons (Fsp3) is 0.158. The van der Waals surface area contributed by atoms with Crippen LogP contribution in [0.1, 0.15) is 17.8 Å². The summed E-state index contributed by atoms with van der Waals surface area (Å²) in [7, 11) is 0. The van der Waals surface area contributed by atoms with E-state index in [1.165, 1.54) is 6.08 Å². The Kier molecular flexibility index (Phi) is 5.74. The molecule has 4 nitrogen and oxygen atoms in total. The molecule has 1 aromatic heterocycles. The number of benzene rings is 2. The Morgan fingerprint density at radius 1 is 1.16 bits per heavy atom. The van der Waals surface area contributed by atoms with E-state index in [9.17, 15) is 4.79 Å². The third kappa shape index (κ3) is 4.62. The number of imidazole rings is 1. The van der Waals surface area contributed by atoms with E-state index in [-0.39, 0.29) is 5.91 Å². The molecule has 6 heteroatoms. The zero-order valence-corrected chi connectivity index (χ0v) is 14.9. The van der Waals surface area contributed by atoms with Gasteiger partial charge in [-0.3, -0.25) is 4.79 Å². The number of aromatic amines is 1. The first-order valence-corrected chi connectivity index (χ1v) is 8.72. The standard InChI is InChI=1S/C19H17Cl2N3O/c20-14-6-3-5-13(19(14)21)10-11-18(25)22-12-4-9-17-23-15-7-1-2-8-16(15)24-17/h1-3,5-8,10-11H,4,9,12H2,(H,22,25)(H,23,24)/b11-10+. The van der Waals surface area contributed by atoms with Crippen molar-refractivity contribution in [1.82, 2.24) is 15.3 Å². The lowest BCUT2D eigenvalue weighted by atomic mass is 10.2. The van der Waals surface area contributed by atoms with Crippen molar-refractivity contribution in [2.45, 2.75) is 12.8 Å². The molecule has 25 heavy (non-hydrogen) atoms. The van der Waals surface area contributed by atoms with Crippen molar-refractivity contribution < 1.29 is 4.79 Å². The summed E-state index contributed by atoms with van der Waals surface area (Å²) < 4.78 is 0. The Hall–Kier alpha value is -2.30. The predicted octanol–water partition coefficient (Wildman–Crippen LogP) is 4.63. The molecule has 0 radical (unpaired) electrons. The van der Waals surface area contributed by atoms with Crippen LogP contribution >= 0.6 is 23.2 Å². The Morgan fingerprint density at radius 2 is 2.00 bits per heavy atom. The maximum Gasteiger partial charge on any atom is 0.244 e. The van der Waals surface area contributed by atoms with Crippen LogP contribution in [0, 0.1) is 0 Å². The summed E-state index contributed by atoms with van der Waals surface area (Å²) in [4.78, 5) is 19.7. The van der Waals surface area contributed by atoms with Crippen molar-refractivity contribution in [2.24, 2.45) is 0 Å². The highest BCUT2D eigenvalue weighted by Crippen LogP contribution is 2.26. The molecule has 0 bridgehead atoms. The van der Waals surface area contributed by atoms with Crippen LogP contribution in [-0.4, -0.2) is 22.4 Å². The fourth-order valence-electron chi connectivity index (χ4n) is 2.47. The molecule has 0 saturated heterocycles. The molecule has 0 spiro atoms. The second-order valence-corrected chi connectivity index (χ2v) is 6.36. The molecule has 0 atom stereocenters. The highest BCUT2D eigenvalue weighted by molar-refractivity contribution is 6.42. The Morgan fingerprint density at radius 3 is 2.84 bits per heavy atom. The van der Waals surface area contributed by atoms with Gasteiger partial charge in [-0.15, -0.1) is 0 Å². The Bertz CT molecular complexity index is 885. The number of carbonyl (C=O) groups excluding carboxylic acids is 1. The first-order chi connectivity index (χ1) is 12.1. The van der Waals surface area contributed by atoms with Crippen LogP contribution in [-0.2, 0) is 11.2 Å². The molecule has 1 amide bonds. The maximum atomic E-state index is 11.9. The molecule has 2 N–H and O–H groups in total. The van der Waals surface area contributed by atoms with Gasteiger partial charge in [-0.2, -0.15) is 0 Å². The van der Waals surface area contributed by atoms with E-state index >= 15 is 0 Å². The number of rotatable bonds is 6. The molecule has 0 aliphatic heterocycles. The normalized spacial score (nSPS) is 11.3. The highest BCUT2D eigenvalue weighted by Gasteiger charge is 2.03. The smallest absolute Gasteiger partial charge is 0.244 e. The van der Waals surface area contributed by atoms with Gasteiger partial charge >= 0.3 is 0 Å². The van der Waals surface area contributed by atoms with E-state index in [2.05, 4.69) is 15.3 Å². The number of nitrogens with zero attached hydrogens (tertiary/aromatic N) is 1. The van der Waals surface area contributed by atoms with E-state index in [0.29, 0.717) is 22.2 Å². The topological polar surface area (TPSA) is 57.8 Å². The average molecular weight is 374 g/mol. The van der Waals surface area contributed by atoms with Gasteiger partial charge in [0.1, 0.15) is 5.82 Å². The minimum absolute atomic E-state index is 0.166. The molecule has 128 valence electrons.